The number of hydrogen-bond acceptors (Lipinski definition) is 3. The van der Waals surface area contributed by atoms with Crippen LogP contribution in [0.1, 0.15) is 25.8 Å². The predicted molar refractivity (Wildman–Crippen MR) is 91.4 cm³/mol. The molecule has 0 aromatic heterocycles. The highest BCUT2D eigenvalue weighted by molar-refractivity contribution is 5.88. The van der Waals surface area contributed by atoms with E-state index in [0.29, 0.717) is 24.2 Å². The standard InChI is InChI=1S/C17H25FN4O2/c1-4-22(5-2)15-7-6-12(10-13(15)18)11-19-17(24)20-14-8-9-21(3)16(14)23/h6-7,10,14H,4-5,8-9,11H2,1-3H3,(H2,19,20,24)/t14-/m0/s1. The Labute approximate surface area is 142 Å². The molecule has 132 valence electrons. The van der Waals surface area contributed by atoms with Gasteiger partial charge in [0.25, 0.3) is 0 Å². The fraction of sp³-hybridized carbons (Fsp3) is 0.529. The molecule has 2 rings (SSSR count). The van der Waals surface area contributed by atoms with Crippen molar-refractivity contribution in [2.45, 2.75) is 32.9 Å². The summed E-state index contributed by atoms with van der Waals surface area (Å²) in [6.45, 7) is 6.27. The third-order valence-corrected chi connectivity index (χ3v) is 4.30. The lowest BCUT2D eigenvalue weighted by Gasteiger charge is -2.22. The zero-order chi connectivity index (χ0) is 17.7. The SMILES string of the molecule is CCN(CC)c1ccc(CNC(=O)N[C@H]2CCN(C)C2=O)cc1F. The zero-order valence-electron chi connectivity index (χ0n) is 14.4. The molecule has 1 aliphatic rings. The Morgan fingerprint density at radius 3 is 2.62 bits per heavy atom. The van der Waals surface area contributed by atoms with Crippen LogP contribution in [-0.2, 0) is 11.3 Å². The van der Waals surface area contributed by atoms with Gasteiger partial charge in [0.2, 0.25) is 5.91 Å². The van der Waals surface area contributed by atoms with Gasteiger partial charge in [0.1, 0.15) is 11.9 Å². The number of amides is 3. The van der Waals surface area contributed by atoms with Gasteiger partial charge in [-0.15, -0.1) is 0 Å². The summed E-state index contributed by atoms with van der Waals surface area (Å²) < 4.78 is 14.2. The van der Waals surface area contributed by atoms with Gasteiger partial charge in [0.05, 0.1) is 5.69 Å². The maximum atomic E-state index is 14.2. The number of hydrogen-bond donors (Lipinski definition) is 2. The Morgan fingerprint density at radius 1 is 1.38 bits per heavy atom. The van der Waals surface area contributed by atoms with Crippen LogP contribution in [0, 0.1) is 5.82 Å². The van der Waals surface area contributed by atoms with Gasteiger partial charge in [0.15, 0.2) is 0 Å². The Kier molecular flexibility index (Phi) is 6.00. The fourth-order valence-electron chi connectivity index (χ4n) is 2.83. The second-order valence-corrected chi connectivity index (χ2v) is 5.89. The van der Waals surface area contributed by atoms with Gasteiger partial charge in [0, 0.05) is 33.2 Å². The quantitative estimate of drug-likeness (QED) is 0.831. The molecule has 1 fully saturated rings. The third kappa shape index (κ3) is 4.15. The summed E-state index contributed by atoms with van der Waals surface area (Å²) in [5.41, 5.74) is 1.24. The molecular weight excluding hydrogens is 311 g/mol. The molecule has 24 heavy (non-hydrogen) atoms. The van der Waals surface area contributed by atoms with E-state index in [1.165, 1.54) is 6.07 Å². The van der Waals surface area contributed by atoms with Crippen molar-refractivity contribution < 1.29 is 14.0 Å². The third-order valence-electron chi connectivity index (χ3n) is 4.30. The topological polar surface area (TPSA) is 64.7 Å². The van der Waals surface area contributed by atoms with Crippen LogP contribution in [0.4, 0.5) is 14.9 Å². The first-order valence-corrected chi connectivity index (χ1v) is 8.29. The van der Waals surface area contributed by atoms with Crippen molar-refractivity contribution in [1.82, 2.24) is 15.5 Å². The summed E-state index contributed by atoms with van der Waals surface area (Å²) in [4.78, 5) is 27.2. The monoisotopic (exact) mass is 336 g/mol. The van der Waals surface area contributed by atoms with E-state index >= 15 is 0 Å². The van der Waals surface area contributed by atoms with Gasteiger partial charge < -0.3 is 20.4 Å². The van der Waals surface area contributed by atoms with Crippen LogP contribution in [0.2, 0.25) is 0 Å². The number of benzene rings is 1. The van der Waals surface area contributed by atoms with Crippen molar-refractivity contribution >= 4 is 17.6 Å². The molecule has 1 aliphatic heterocycles. The molecule has 1 saturated heterocycles. The van der Waals surface area contributed by atoms with E-state index in [-0.39, 0.29) is 18.3 Å². The van der Waals surface area contributed by atoms with Crippen molar-refractivity contribution in [3.05, 3.63) is 29.6 Å². The molecule has 0 unspecified atom stereocenters. The number of anilines is 1. The molecule has 1 aromatic carbocycles. The average Bonchev–Trinajstić information content (AvgIpc) is 2.87. The van der Waals surface area contributed by atoms with Gasteiger partial charge in [-0.2, -0.15) is 0 Å². The van der Waals surface area contributed by atoms with Gasteiger partial charge in [-0.25, -0.2) is 9.18 Å². The molecule has 1 heterocycles. The Bertz CT molecular complexity index is 604. The van der Waals surface area contributed by atoms with Crippen LogP contribution in [-0.4, -0.2) is 49.6 Å². The summed E-state index contributed by atoms with van der Waals surface area (Å²) in [5.74, 6) is -0.384. The van der Waals surface area contributed by atoms with Crippen LogP contribution in [0.15, 0.2) is 18.2 Å². The summed E-state index contributed by atoms with van der Waals surface area (Å²) in [7, 11) is 1.71. The maximum absolute atomic E-state index is 14.2. The second kappa shape index (κ2) is 7.99. The van der Waals surface area contributed by atoms with Crippen LogP contribution >= 0.6 is 0 Å². The highest BCUT2D eigenvalue weighted by Crippen LogP contribution is 2.20. The molecule has 1 aromatic rings. The van der Waals surface area contributed by atoms with E-state index in [2.05, 4.69) is 10.6 Å². The van der Waals surface area contributed by atoms with Gasteiger partial charge >= 0.3 is 6.03 Å². The van der Waals surface area contributed by atoms with Crippen LogP contribution in [0.5, 0.6) is 0 Å². The largest absolute Gasteiger partial charge is 0.370 e. The molecule has 6 nitrogen and oxygen atoms in total. The number of urea groups is 1. The van der Waals surface area contributed by atoms with E-state index in [4.69, 9.17) is 0 Å². The zero-order valence-corrected chi connectivity index (χ0v) is 14.4. The number of halogens is 1. The molecule has 7 heteroatoms. The summed E-state index contributed by atoms with van der Waals surface area (Å²) in [6, 6.07) is 4.06. The van der Waals surface area contributed by atoms with Gasteiger partial charge in [-0.05, 0) is 38.0 Å². The molecule has 0 saturated carbocycles. The first-order valence-electron chi connectivity index (χ1n) is 8.29. The van der Waals surface area contributed by atoms with Crippen molar-refractivity contribution in [3.63, 3.8) is 0 Å². The normalized spacial score (nSPS) is 17.1. The second-order valence-electron chi connectivity index (χ2n) is 5.89. The van der Waals surface area contributed by atoms with Gasteiger partial charge in [-0.3, -0.25) is 4.79 Å². The van der Waals surface area contributed by atoms with Crippen molar-refractivity contribution in [2.24, 2.45) is 0 Å². The molecule has 2 N–H and O–H groups in total. The number of likely N-dealkylation sites (N-methyl/N-ethyl adjacent to an activating group) is 1. The van der Waals surface area contributed by atoms with Gasteiger partial charge in [-0.1, -0.05) is 6.07 Å². The van der Waals surface area contributed by atoms with E-state index in [1.54, 1.807) is 24.1 Å². The predicted octanol–water partition coefficient (Wildman–Crippen LogP) is 1.70. The molecule has 3 amide bonds. The number of nitrogens with zero attached hydrogens (tertiary/aromatic N) is 2. The molecular formula is C17H25FN4O2. The highest BCUT2D eigenvalue weighted by Gasteiger charge is 2.30. The van der Waals surface area contributed by atoms with E-state index in [0.717, 1.165) is 13.1 Å². The number of carbonyl (C=O) groups is 2. The first kappa shape index (κ1) is 18.0. The van der Waals surface area contributed by atoms with E-state index < -0.39 is 12.1 Å². The fourth-order valence-corrected chi connectivity index (χ4v) is 2.83. The number of rotatable bonds is 6. The molecule has 1 atom stereocenters. The lowest BCUT2D eigenvalue weighted by Crippen LogP contribution is -2.45. The van der Waals surface area contributed by atoms with Crippen molar-refractivity contribution in [2.75, 3.05) is 31.6 Å². The van der Waals surface area contributed by atoms with E-state index in [1.807, 2.05) is 18.7 Å². The van der Waals surface area contributed by atoms with E-state index in [9.17, 15) is 14.0 Å². The summed E-state index contributed by atoms with van der Waals surface area (Å²) in [5, 5.41) is 5.31. The summed E-state index contributed by atoms with van der Waals surface area (Å²) >= 11 is 0. The number of nitrogens with one attached hydrogen (secondary N) is 2. The Balaban J connectivity index is 1.89. The number of carbonyl (C=O) groups excluding carboxylic acids is 2. The Hall–Kier alpha value is -2.31. The number of likely N-dealkylation sites (tertiary alicyclic amines) is 1. The van der Waals surface area contributed by atoms with Crippen LogP contribution < -0.4 is 15.5 Å². The molecule has 0 bridgehead atoms. The molecule has 0 spiro atoms. The smallest absolute Gasteiger partial charge is 0.315 e. The minimum atomic E-state index is -0.475. The minimum absolute atomic E-state index is 0.0835. The minimum Gasteiger partial charge on any atom is -0.370 e. The first-order chi connectivity index (χ1) is 11.5. The summed E-state index contributed by atoms with van der Waals surface area (Å²) in [6.07, 6.45) is 0.607. The lowest BCUT2D eigenvalue weighted by molar-refractivity contribution is -0.128. The average molecular weight is 336 g/mol. The van der Waals surface area contributed by atoms with Crippen LogP contribution in [0.25, 0.3) is 0 Å². The highest BCUT2D eigenvalue weighted by atomic mass is 19.1. The van der Waals surface area contributed by atoms with Crippen molar-refractivity contribution in [1.29, 1.82) is 0 Å². The molecule has 0 radical (unpaired) electrons. The van der Waals surface area contributed by atoms with Crippen molar-refractivity contribution in [3.8, 4) is 0 Å². The lowest BCUT2D eigenvalue weighted by atomic mass is 10.2. The molecule has 0 aliphatic carbocycles. The maximum Gasteiger partial charge on any atom is 0.315 e. The Morgan fingerprint density at radius 2 is 2.08 bits per heavy atom. The van der Waals surface area contributed by atoms with Crippen LogP contribution in [0.3, 0.4) is 0 Å².